The highest BCUT2D eigenvalue weighted by Gasteiger charge is 2.11. The van der Waals surface area contributed by atoms with Crippen LogP contribution in [0.1, 0.15) is 35.8 Å². The first-order valence-electron chi connectivity index (χ1n) is 6.90. The van der Waals surface area contributed by atoms with Gasteiger partial charge in [-0.05, 0) is 36.6 Å². The average molecular weight is 270 g/mol. The monoisotopic (exact) mass is 270 g/mol. The zero-order chi connectivity index (χ0) is 14.5. The van der Waals surface area contributed by atoms with Gasteiger partial charge in [-0.15, -0.1) is 0 Å². The molecule has 0 heterocycles. The van der Waals surface area contributed by atoms with Gasteiger partial charge >= 0.3 is 0 Å². The molecule has 0 aliphatic heterocycles. The molecule has 4 N–H and O–H groups in total. The van der Waals surface area contributed by atoms with Crippen molar-refractivity contribution in [1.29, 1.82) is 0 Å². The van der Waals surface area contributed by atoms with Crippen LogP contribution in [0.5, 0.6) is 0 Å². The molecule has 2 aromatic rings. The fourth-order valence-corrected chi connectivity index (χ4v) is 2.13. The van der Waals surface area contributed by atoms with Gasteiger partial charge in [0.2, 0.25) is 0 Å². The van der Waals surface area contributed by atoms with Crippen molar-refractivity contribution in [2.45, 2.75) is 26.0 Å². The third-order valence-corrected chi connectivity index (χ3v) is 3.61. The molecule has 20 heavy (non-hydrogen) atoms. The van der Waals surface area contributed by atoms with Gasteiger partial charge in [-0.2, -0.15) is 0 Å². The summed E-state index contributed by atoms with van der Waals surface area (Å²) in [5, 5.41) is 13.6. The van der Waals surface area contributed by atoms with Gasteiger partial charge in [0.05, 0.1) is 6.10 Å². The first kappa shape index (κ1) is 14.6. The molecule has 0 amide bonds. The average Bonchev–Trinajstić information content (AvgIpc) is 2.48. The molecule has 0 aliphatic carbocycles. The quantitative estimate of drug-likeness (QED) is 0.732. The number of nitrogens with one attached hydrogen (secondary N) is 1. The lowest BCUT2D eigenvalue weighted by molar-refractivity contribution is 0.171. The highest BCUT2D eigenvalue weighted by atomic mass is 16.3. The Balaban J connectivity index is 1.95. The van der Waals surface area contributed by atoms with E-state index in [2.05, 4.69) is 24.4 Å². The number of aliphatic hydroxyl groups excluding tert-OH is 1. The van der Waals surface area contributed by atoms with Crippen LogP contribution < -0.4 is 11.1 Å². The number of benzene rings is 2. The van der Waals surface area contributed by atoms with Crippen LogP contribution in [0.2, 0.25) is 0 Å². The lowest BCUT2D eigenvalue weighted by Crippen LogP contribution is -2.24. The number of hydrogen-bond acceptors (Lipinski definition) is 3. The van der Waals surface area contributed by atoms with Crippen LogP contribution in [0.4, 0.5) is 5.69 Å². The predicted octanol–water partition coefficient (Wildman–Crippen LogP) is 2.96. The molecule has 0 radical (unpaired) electrons. The first-order chi connectivity index (χ1) is 9.58. The highest BCUT2D eigenvalue weighted by molar-refractivity contribution is 5.48. The summed E-state index contributed by atoms with van der Waals surface area (Å²) in [5.74, 6) is 0. The fourth-order valence-electron chi connectivity index (χ4n) is 2.13. The second-order valence-electron chi connectivity index (χ2n) is 5.17. The highest BCUT2D eigenvalue weighted by Crippen LogP contribution is 2.19. The SMILES string of the molecule is Cc1ccc(C(O)CNC(C)c2ccccc2)cc1N. The van der Waals surface area contributed by atoms with E-state index in [1.54, 1.807) is 0 Å². The van der Waals surface area contributed by atoms with Gasteiger partial charge in [0.1, 0.15) is 0 Å². The Morgan fingerprint density at radius 1 is 1.10 bits per heavy atom. The molecule has 3 heteroatoms. The number of hydrogen-bond donors (Lipinski definition) is 3. The van der Waals surface area contributed by atoms with Gasteiger partial charge in [-0.25, -0.2) is 0 Å². The largest absolute Gasteiger partial charge is 0.399 e. The van der Waals surface area contributed by atoms with Crippen molar-refractivity contribution in [2.75, 3.05) is 12.3 Å². The van der Waals surface area contributed by atoms with E-state index < -0.39 is 6.10 Å². The van der Waals surface area contributed by atoms with Gasteiger partial charge < -0.3 is 16.2 Å². The molecule has 2 atom stereocenters. The number of anilines is 1. The van der Waals surface area contributed by atoms with Crippen LogP contribution in [-0.2, 0) is 0 Å². The van der Waals surface area contributed by atoms with Crippen LogP contribution in [0.3, 0.4) is 0 Å². The molecule has 0 spiro atoms. The van der Waals surface area contributed by atoms with Gasteiger partial charge in [0.15, 0.2) is 0 Å². The molecular weight excluding hydrogens is 248 g/mol. The smallest absolute Gasteiger partial charge is 0.0915 e. The van der Waals surface area contributed by atoms with Crippen molar-refractivity contribution in [3.8, 4) is 0 Å². The molecule has 2 aromatic carbocycles. The molecule has 106 valence electrons. The summed E-state index contributed by atoms with van der Waals surface area (Å²) in [6.07, 6.45) is -0.552. The molecule has 0 aromatic heterocycles. The Hall–Kier alpha value is -1.84. The summed E-state index contributed by atoms with van der Waals surface area (Å²) in [6.45, 7) is 4.55. The van der Waals surface area contributed by atoms with Crippen molar-refractivity contribution in [2.24, 2.45) is 0 Å². The Morgan fingerprint density at radius 3 is 2.45 bits per heavy atom. The molecule has 0 saturated heterocycles. The van der Waals surface area contributed by atoms with E-state index in [9.17, 15) is 5.11 Å². The maximum atomic E-state index is 10.2. The second-order valence-corrected chi connectivity index (χ2v) is 5.17. The topological polar surface area (TPSA) is 58.3 Å². The predicted molar refractivity (Wildman–Crippen MR) is 83.4 cm³/mol. The van der Waals surface area contributed by atoms with Crippen molar-refractivity contribution in [3.05, 3.63) is 65.2 Å². The maximum absolute atomic E-state index is 10.2. The molecule has 0 saturated carbocycles. The fraction of sp³-hybridized carbons (Fsp3) is 0.294. The minimum atomic E-state index is -0.552. The third-order valence-electron chi connectivity index (χ3n) is 3.61. The zero-order valence-corrected chi connectivity index (χ0v) is 12.0. The molecule has 2 rings (SSSR count). The standard InChI is InChI=1S/C17H22N2O/c1-12-8-9-15(10-16(12)18)17(20)11-19-13(2)14-6-4-3-5-7-14/h3-10,13,17,19-20H,11,18H2,1-2H3. The number of aliphatic hydroxyl groups is 1. The van der Waals surface area contributed by atoms with Crippen LogP contribution in [0, 0.1) is 6.92 Å². The minimum Gasteiger partial charge on any atom is -0.399 e. The lowest BCUT2D eigenvalue weighted by atomic mass is 10.0. The Bertz CT molecular complexity index is 554. The summed E-state index contributed by atoms with van der Waals surface area (Å²) < 4.78 is 0. The van der Waals surface area contributed by atoms with Crippen molar-refractivity contribution in [1.82, 2.24) is 5.32 Å². The molecule has 2 unspecified atom stereocenters. The minimum absolute atomic E-state index is 0.202. The van der Waals surface area contributed by atoms with Crippen LogP contribution in [0.15, 0.2) is 48.5 Å². The van der Waals surface area contributed by atoms with E-state index in [1.807, 2.05) is 43.3 Å². The van der Waals surface area contributed by atoms with E-state index in [1.165, 1.54) is 5.56 Å². The molecule has 3 nitrogen and oxygen atoms in total. The Labute approximate surface area is 120 Å². The number of nitrogen functional groups attached to an aromatic ring is 1. The molecule has 0 bridgehead atoms. The van der Waals surface area contributed by atoms with E-state index >= 15 is 0 Å². The molecule has 0 fully saturated rings. The van der Waals surface area contributed by atoms with Crippen molar-refractivity contribution < 1.29 is 5.11 Å². The molecular formula is C17H22N2O. The van der Waals surface area contributed by atoms with Gasteiger partial charge in [-0.3, -0.25) is 0 Å². The van der Waals surface area contributed by atoms with E-state index in [-0.39, 0.29) is 6.04 Å². The summed E-state index contributed by atoms with van der Waals surface area (Å²) >= 11 is 0. The van der Waals surface area contributed by atoms with Crippen LogP contribution in [0.25, 0.3) is 0 Å². The third kappa shape index (κ3) is 3.59. The number of aryl methyl sites for hydroxylation is 1. The molecule has 0 aliphatic rings. The number of rotatable bonds is 5. The van der Waals surface area contributed by atoms with Crippen LogP contribution >= 0.6 is 0 Å². The normalized spacial score (nSPS) is 13.9. The second kappa shape index (κ2) is 6.55. The summed E-state index contributed by atoms with van der Waals surface area (Å²) in [7, 11) is 0. The van der Waals surface area contributed by atoms with E-state index in [0.717, 1.165) is 16.8 Å². The Morgan fingerprint density at radius 2 is 1.80 bits per heavy atom. The number of nitrogens with two attached hydrogens (primary N) is 1. The lowest BCUT2D eigenvalue weighted by Gasteiger charge is -2.18. The van der Waals surface area contributed by atoms with Crippen molar-refractivity contribution in [3.63, 3.8) is 0 Å². The zero-order valence-electron chi connectivity index (χ0n) is 12.0. The van der Waals surface area contributed by atoms with E-state index in [4.69, 9.17) is 5.73 Å². The van der Waals surface area contributed by atoms with Crippen LogP contribution in [-0.4, -0.2) is 11.7 Å². The summed E-state index contributed by atoms with van der Waals surface area (Å²) in [6, 6.07) is 16.1. The Kier molecular flexibility index (Phi) is 4.77. The summed E-state index contributed by atoms with van der Waals surface area (Å²) in [5.41, 5.74) is 9.69. The van der Waals surface area contributed by atoms with Gasteiger partial charge in [0, 0.05) is 18.3 Å². The van der Waals surface area contributed by atoms with E-state index in [0.29, 0.717) is 6.54 Å². The maximum Gasteiger partial charge on any atom is 0.0915 e. The van der Waals surface area contributed by atoms with Gasteiger partial charge in [-0.1, -0.05) is 42.5 Å². The first-order valence-corrected chi connectivity index (χ1v) is 6.90. The van der Waals surface area contributed by atoms with Crippen molar-refractivity contribution >= 4 is 5.69 Å². The summed E-state index contributed by atoms with van der Waals surface area (Å²) in [4.78, 5) is 0. The van der Waals surface area contributed by atoms with Gasteiger partial charge in [0.25, 0.3) is 0 Å².